The van der Waals surface area contributed by atoms with Crippen LogP contribution in [-0.2, 0) is 6.54 Å². The summed E-state index contributed by atoms with van der Waals surface area (Å²) in [7, 11) is 1.84. The molecule has 1 N–H and O–H groups in total. The lowest BCUT2D eigenvalue weighted by Gasteiger charge is -2.18. The first-order valence-corrected chi connectivity index (χ1v) is 10.4. The topological polar surface area (TPSA) is 76.6 Å². The van der Waals surface area contributed by atoms with Gasteiger partial charge in [-0.2, -0.15) is 0 Å². The second-order valence-electron chi connectivity index (χ2n) is 7.58. The van der Waals surface area contributed by atoms with Crippen LogP contribution in [0.4, 0.5) is 5.82 Å². The minimum Gasteiger partial charge on any atom is -0.454 e. The normalized spacial score (nSPS) is 12.6. The van der Waals surface area contributed by atoms with Crippen LogP contribution in [-0.4, -0.2) is 41.2 Å². The van der Waals surface area contributed by atoms with Gasteiger partial charge in [0.15, 0.2) is 11.5 Å². The molecule has 1 aliphatic rings. The number of hydrogen-bond donors (Lipinski definition) is 1. The Bertz CT molecular complexity index is 1060. The number of thiophene rings is 1. The highest BCUT2D eigenvalue weighted by Crippen LogP contribution is 2.35. The fourth-order valence-corrected chi connectivity index (χ4v) is 4.59. The number of ether oxygens (including phenoxy) is 2. The summed E-state index contributed by atoms with van der Waals surface area (Å²) in [6, 6.07) is 5.87. The molecule has 1 aliphatic heterocycles. The van der Waals surface area contributed by atoms with Gasteiger partial charge in [0.2, 0.25) is 6.79 Å². The number of carbonyl (C=O) groups excluding carboxylic acids is 1. The lowest BCUT2D eigenvalue weighted by atomic mass is 10.1. The van der Waals surface area contributed by atoms with Crippen molar-refractivity contribution in [2.24, 2.45) is 5.92 Å². The Kier molecular flexibility index (Phi) is 5.27. The maximum absolute atomic E-state index is 12.9. The molecular weight excluding hydrogens is 388 g/mol. The molecule has 1 aromatic carbocycles. The van der Waals surface area contributed by atoms with Gasteiger partial charge in [-0.3, -0.25) is 4.79 Å². The fourth-order valence-electron chi connectivity index (χ4n) is 3.45. The third-order valence-corrected chi connectivity index (χ3v) is 5.99. The number of benzene rings is 1. The smallest absolute Gasteiger partial charge is 0.264 e. The summed E-state index contributed by atoms with van der Waals surface area (Å²) in [4.78, 5) is 25.0. The zero-order valence-corrected chi connectivity index (χ0v) is 17.8. The predicted molar refractivity (Wildman–Crippen MR) is 114 cm³/mol. The first kappa shape index (κ1) is 19.4. The van der Waals surface area contributed by atoms with E-state index in [1.807, 2.05) is 32.2 Å². The van der Waals surface area contributed by atoms with E-state index in [0.717, 1.165) is 43.5 Å². The van der Waals surface area contributed by atoms with Crippen LogP contribution in [0.25, 0.3) is 10.2 Å². The second-order valence-corrected chi connectivity index (χ2v) is 8.58. The number of amides is 1. The second kappa shape index (κ2) is 7.87. The van der Waals surface area contributed by atoms with Gasteiger partial charge >= 0.3 is 0 Å². The molecule has 152 valence electrons. The van der Waals surface area contributed by atoms with E-state index in [2.05, 4.69) is 29.1 Å². The molecule has 0 saturated heterocycles. The van der Waals surface area contributed by atoms with E-state index in [-0.39, 0.29) is 12.7 Å². The Morgan fingerprint density at radius 1 is 1.28 bits per heavy atom. The molecule has 3 aromatic rings. The van der Waals surface area contributed by atoms with Crippen LogP contribution >= 0.6 is 11.3 Å². The standard InChI is InChI=1S/C21H24N4O3S/c1-12(2)9-25(4)21(26)18-13(3)17-19(23-10-24-20(17)29-18)22-8-14-5-6-15-16(7-14)28-11-27-15/h5-7,10,12H,8-9,11H2,1-4H3,(H,22,23,24). The monoisotopic (exact) mass is 412 g/mol. The van der Waals surface area contributed by atoms with Crippen molar-refractivity contribution in [2.75, 3.05) is 25.7 Å². The van der Waals surface area contributed by atoms with E-state index in [0.29, 0.717) is 19.0 Å². The highest BCUT2D eigenvalue weighted by Gasteiger charge is 2.22. The minimum absolute atomic E-state index is 0.0286. The maximum Gasteiger partial charge on any atom is 0.264 e. The number of carbonyl (C=O) groups is 1. The van der Waals surface area contributed by atoms with Crippen molar-refractivity contribution in [1.82, 2.24) is 14.9 Å². The van der Waals surface area contributed by atoms with E-state index < -0.39 is 0 Å². The van der Waals surface area contributed by atoms with Crippen molar-refractivity contribution < 1.29 is 14.3 Å². The maximum atomic E-state index is 12.9. The van der Waals surface area contributed by atoms with E-state index in [1.165, 1.54) is 17.7 Å². The zero-order chi connectivity index (χ0) is 20.5. The highest BCUT2D eigenvalue weighted by atomic mass is 32.1. The molecule has 7 nitrogen and oxygen atoms in total. The van der Waals surface area contributed by atoms with E-state index in [9.17, 15) is 4.79 Å². The van der Waals surface area contributed by atoms with Gasteiger partial charge in [-0.1, -0.05) is 19.9 Å². The summed E-state index contributed by atoms with van der Waals surface area (Å²) in [5.74, 6) is 2.69. The molecule has 0 saturated carbocycles. The van der Waals surface area contributed by atoms with E-state index in [1.54, 1.807) is 4.90 Å². The molecule has 0 fully saturated rings. The summed E-state index contributed by atoms with van der Waals surface area (Å²) in [6.45, 7) is 7.72. The largest absolute Gasteiger partial charge is 0.454 e. The molecule has 0 aliphatic carbocycles. The van der Waals surface area contributed by atoms with Crippen LogP contribution in [0.5, 0.6) is 11.5 Å². The van der Waals surface area contributed by atoms with Crippen molar-refractivity contribution in [3.8, 4) is 11.5 Å². The summed E-state index contributed by atoms with van der Waals surface area (Å²) < 4.78 is 10.8. The average Bonchev–Trinajstić information content (AvgIpc) is 3.29. The van der Waals surface area contributed by atoms with Crippen molar-refractivity contribution in [3.05, 3.63) is 40.5 Å². The molecule has 0 spiro atoms. The highest BCUT2D eigenvalue weighted by molar-refractivity contribution is 7.20. The Morgan fingerprint density at radius 2 is 2.07 bits per heavy atom. The number of hydrogen-bond acceptors (Lipinski definition) is 7. The summed E-state index contributed by atoms with van der Waals surface area (Å²) in [5.41, 5.74) is 1.97. The van der Waals surface area contributed by atoms with Crippen LogP contribution in [0.1, 0.15) is 34.6 Å². The van der Waals surface area contributed by atoms with E-state index >= 15 is 0 Å². The zero-order valence-electron chi connectivity index (χ0n) is 17.0. The van der Waals surface area contributed by atoms with E-state index in [4.69, 9.17) is 9.47 Å². The number of nitrogens with one attached hydrogen (secondary N) is 1. The Labute approximate surface area is 173 Å². The molecule has 0 atom stereocenters. The molecule has 0 radical (unpaired) electrons. The molecule has 3 heterocycles. The average molecular weight is 413 g/mol. The quantitative estimate of drug-likeness (QED) is 0.658. The lowest BCUT2D eigenvalue weighted by molar-refractivity contribution is 0.0783. The summed E-state index contributed by atoms with van der Waals surface area (Å²) in [5, 5.41) is 4.29. The van der Waals surface area contributed by atoms with Gasteiger partial charge < -0.3 is 19.7 Å². The summed E-state index contributed by atoms with van der Waals surface area (Å²) in [6.07, 6.45) is 1.53. The lowest BCUT2D eigenvalue weighted by Crippen LogP contribution is -2.30. The minimum atomic E-state index is 0.0286. The van der Waals surface area contributed by atoms with Gasteiger partial charge in [-0.15, -0.1) is 11.3 Å². The van der Waals surface area contributed by atoms with Crippen molar-refractivity contribution in [1.29, 1.82) is 0 Å². The van der Waals surface area contributed by atoms with Crippen molar-refractivity contribution >= 4 is 33.3 Å². The molecule has 1 amide bonds. The van der Waals surface area contributed by atoms with Crippen LogP contribution in [0, 0.1) is 12.8 Å². The van der Waals surface area contributed by atoms with Crippen molar-refractivity contribution in [2.45, 2.75) is 27.3 Å². The van der Waals surface area contributed by atoms with Crippen LogP contribution in [0.3, 0.4) is 0 Å². The SMILES string of the molecule is Cc1c(C(=O)N(C)CC(C)C)sc2ncnc(NCc3ccc4c(c3)OCO4)c12. The van der Waals surface area contributed by atoms with Gasteiger partial charge in [-0.05, 0) is 36.1 Å². The first-order chi connectivity index (χ1) is 13.9. The number of aryl methyl sites for hydroxylation is 1. The van der Waals surface area contributed by atoms with Crippen LogP contribution in [0.15, 0.2) is 24.5 Å². The van der Waals surface area contributed by atoms with Crippen LogP contribution < -0.4 is 14.8 Å². The number of fused-ring (bicyclic) bond motifs is 2. The van der Waals surface area contributed by atoms with Crippen molar-refractivity contribution in [3.63, 3.8) is 0 Å². The van der Waals surface area contributed by atoms with Gasteiger partial charge in [0.1, 0.15) is 17.0 Å². The fraction of sp³-hybridized carbons (Fsp3) is 0.381. The molecular formula is C21H24N4O3S. The molecule has 2 aromatic heterocycles. The predicted octanol–water partition coefficient (Wildman–Crippen LogP) is 4.07. The van der Waals surface area contributed by atoms with Gasteiger partial charge in [0.05, 0.1) is 10.3 Å². The third-order valence-electron chi connectivity index (χ3n) is 4.80. The first-order valence-electron chi connectivity index (χ1n) is 9.56. The number of rotatable bonds is 6. The molecule has 0 unspecified atom stereocenters. The Morgan fingerprint density at radius 3 is 2.86 bits per heavy atom. The number of nitrogens with zero attached hydrogens (tertiary/aromatic N) is 3. The molecule has 29 heavy (non-hydrogen) atoms. The number of aromatic nitrogens is 2. The molecule has 0 bridgehead atoms. The van der Waals surface area contributed by atoms with Crippen LogP contribution in [0.2, 0.25) is 0 Å². The summed E-state index contributed by atoms with van der Waals surface area (Å²) >= 11 is 1.42. The van der Waals surface area contributed by atoms with Gasteiger partial charge in [0.25, 0.3) is 5.91 Å². The van der Waals surface area contributed by atoms with Gasteiger partial charge in [-0.25, -0.2) is 9.97 Å². The molecule has 4 rings (SSSR count). The Balaban J connectivity index is 1.59. The Hall–Kier alpha value is -2.87. The van der Waals surface area contributed by atoms with Gasteiger partial charge in [0, 0.05) is 20.1 Å². The third kappa shape index (κ3) is 3.85. The number of anilines is 1. The molecule has 8 heteroatoms.